The van der Waals surface area contributed by atoms with Crippen molar-refractivity contribution in [1.82, 2.24) is 0 Å². The highest BCUT2D eigenvalue weighted by Crippen LogP contribution is 2.17. The third-order valence-corrected chi connectivity index (χ3v) is 3.39. The summed E-state index contributed by atoms with van der Waals surface area (Å²) in [5.74, 6) is 0. The third kappa shape index (κ3) is 3.15. The number of hydrogen-bond donors (Lipinski definition) is 0. The van der Waals surface area contributed by atoms with Crippen molar-refractivity contribution in [2.75, 3.05) is 0 Å². The molecule has 3 heteroatoms. The van der Waals surface area contributed by atoms with Gasteiger partial charge in [0.1, 0.15) is 7.05 Å². The van der Waals surface area contributed by atoms with Gasteiger partial charge in [0.05, 0.1) is 0 Å². The number of rotatable bonds is 2. The molecule has 0 amide bonds. The lowest BCUT2D eigenvalue weighted by Crippen LogP contribution is -3.00. The fourth-order valence-corrected chi connectivity index (χ4v) is 2.25. The molecule has 1 nitrogen and oxygen atoms in total. The number of hydrogen-bond acceptors (Lipinski definition) is 1. The third-order valence-electron chi connectivity index (χ3n) is 2.40. The van der Waals surface area contributed by atoms with Crippen LogP contribution in [0, 0.1) is 6.92 Å². The molecular formula is C13H14INS. The molecule has 0 saturated heterocycles. The van der Waals surface area contributed by atoms with Crippen LogP contribution in [0.2, 0.25) is 0 Å². The van der Waals surface area contributed by atoms with Crippen LogP contribution in [0.1, 0.15) is 16.1 Å². The van der Waals surface area contributed by atoms with Crippen molar-refractivity contribution < 1.29 is 28.5 Å². The largest absolute Gasteiger partial charge is 1.00 e. The van der Waals surface area contributed by atoms with Crippen molar-refractivity contribution in [1.29, 1.82) is 0 Å². The zero-order chi connectivity index (χ0) is 10.7. The summed E-state index contributed by atoms with van der Waals surface area (Å²) in [5, 5.41) is 2.12. The molecular weight excluding hydrogens is 329 g/mol. The van der Waals surface area contributed by atoms with Crippen LogP contribution < -0.4 is 28.5 Å². The molecule has 2 heterocycles. The molecule has 0 saturated carbocycles. The van der Waals surface area contributed by atoms with Gasteiger partial charge in [-0.3, -0.25) is 0 Å². The lowest BCUT2D eigenvalue weighted by molar-refractivity contribution is -0.673. The number of aromatic nitrogens is 1. The van der Waals surface area contributed by atoms with E-state index in [1.165, 1.54) is 16.1 Å². The summed E-state index contributed by atoms with van der Waals surface area (Å²) in [6, 6.07) is 8.35. The van der Waals surface area contributed by atoms with Crippen molar-refractivity contribution >= 4 is 23.5 Å². The Morgan fingerprint density at radius 3 is 2.62 bits per heavy atom. The maximum absolute atomic E-state index is 2.18. The number of nitrogens with zero attached hydrogens (tertiary/aromatic N) is 1. The number of halogens is 1. The van der Waals surface area contributed by atoms with Gasteiger partial charge >= 0.3 is 0 Å². The van der Waals surface area contributed by atoms with E-state index in [2.05, 4.69) is 60.5 Å². The minimum absolute atomic E-state index is 0. The van der Waals surface area contributed by atoms with Crippen LogP contribution in [0.5, 0.6) is 0 Å². The van der Waals surface area contributed by atoms with Gasteiger partial charge in [-0.05, 0) is 36.1 Å². The summed E-state index contributed by atoms with van der Waals surface area (Å²) >= 11 is 1.78. The van der Waals surface area contributed by atoms with E-state index in [4.69, 9.17) is 0 Å². The summed E-state index contributed by atoms with van der Waals surface area (Å²) in [6.07, 6.45) is 6.38. The van der Waals surface area contributed by atoms with Gasteiger partial charge in [-0.25, -0.2) is 4.57 Å². The van der Waals surface area contributed by atoms with Crippen LogP contribution in [-0.4, -0.2) is 0 Å². The molecule has 0 unspecified atom stereocenters. The Morgan fingerprint density at radius 1 is 1.19 bits per heavy atom. The van der Waals surface area contributed by atoms with E-state index in [0.29, 0.717) is 0 Å². The molecule has 2 rings (SSSR count). The molecule has 84 valence electrons. The number of thiophene rings is 1. The SMILES string of the molecule is Cc1ccsc1/C=C/c1cccc[n+]1C.[I-]. The Labute approximate surface area is 117 Å². The quantitative estimate of drug-likeness (QED) is 0.536. The van der Waals surface area contributed by atoms with Gasteiger partial charge in [0.15, 0.2) is 6.20 Å². The van der Waals surface area contributed by atoms with Gasteiger partial charge < -0.3 is 24.0 Å². The lowest BCUT2D eigenvalue weighted by Gasteiger charge is -1.92. The Hall–Kier alpha value is -0.680. The summed E-state index contributed by atoms with van der Waals surface area (Å²) < 4.78 is 2.11. The molecule has 0 bridgehead atoms. The molecule has 0 aliphatic heterocycles. The second-order valence-electron chi connectivity index (χ2n) is 3.54. The fraction of sp³-hybridized carbons (Fsp3) is 0.154. The van der Waals surface area contributed by atoms with Crippen LogP contribution in [0.3, 0.4) is 0 Å². The van der Waals surface area contributed by atoms with Gasteiger partial charge in [-0.1, -0.05) is 0 Å². The minimum atomic E-state index is 0. The first-order valence-corrected chi connectivity index (χ1v) is 5.82. The smallest absolute Gasteiger partial charge is 0.204 e. The van der Waals surface area contributed by atoms with Crippen molar-refractivity contribution in [2.45, 2.75) is 6.92 Å². The first-order valence-electron chi connectivity index (χ1n) is 4.94. The van der Waals surface area contributed by atoms with Crippen molar-refractivity contribution in [3.8, 4) is 0 Å². The summed E-state index contributed by atoms with van der Waals surface area (Å²) in [7, 11) is 2.06. The van der Waals surface area contributed by atoms with Crippen LogP contribution >= 0.6 is 11.3 Å². The van der Waals surface area contributed by atoms with Gasteiger partial charge in [0.25, 0.3) is 0 Å². The lowest BCUT2D eigenvalue weighted by atomic mass is 10.2. The molecule has 0 aliphatic rings. The Morgan fingerprint density at radius 2 is 2.00 bits per heavy atom. The van der Waals surface area contributed by atoms with Crippen molar-refractivity contribution in [3.05, 3.63) is 52.0 Å². The highest BCUT2D eigenvalue weighted by molar-refractivity contribution is 7.11. The molecule has 0 radical (unpaired) electrons. The maximum Gasteiger partial charge on any atom is 0.204 e. The average molecular weight is 343 g/mol. The van der Waals surface area contributed by atoms with Gasteiger partial charge in [-0.2, -0.15) is 0 Å². The van der Waals surface area contributed by atoms with Crippen LogP contribution in [-0.2, 0) is 7.05 Å². The molecule has 0 fully saturated rings. The van der Waals surface area contributed by atoms with Crippen LogP contribution in [0.4, 0.5) is 0 Å². The van der Waals surface area contributed by atoms with E-state index in [0.717, 1.165) is 0 Å². The first kappa shape index (κ1) is 13.4. The van der Waals surface area contributed by atoms with Crippen LogP contribution in [0.25, 0.3) is 12.2 Å². The predicted octanol–water partition coefficient (Wildman–Crippen LogP) is 0.0554. The van der Waals surface area contributed by atoms with E-state index in [-0.39, 0.29) is 24.0 Å². The molecule has 2 aromatic rings. The zero-order valence-corrected chi connectivity index (χ0v) is 12.3. The standard InChI is InChI=1S/C13H14NS.HI/c1-11-8-10-15-13(11)7-6-12-5-3-4-9-14(12)2;/h3-10H,1-2H3;1H/q+1;/p-1/b7-6+;. The van der Waals surface area contributed by atoms with Crippen molar-refractivity contribution in [2.24, 2.45) is 7.05 Å². The second-order valence-corrected chi connectivity index (χ2v) is 4.49. The van der Waals surface area contributed by atoms with Gasteiger partial charge in [-0.15, -0.1) is 11.3 Å². The van der Waals surface area contributed by atoms with E-state index in [9.17, 15) is 0 Å². The summed E-state index contributed by atoms with van der Waals surface area (Å²) in [6.45, 7) is 2.14. The molecule has 0 aliphatic carbocycles. The topological polar surface area (TPSA) is 3.88 Å². The average Bonchev–Trinajstić information content (AvgIpc) is 2.63. The second kappa shape index (κ2) is 6.15. The monoisotopic (exact) mass is 343 g/mol. The van der Waals surface area contributed by atoms with Gasteiger partial charge in [0, 0.05) is 23.1 Å². The Bertz CT molecular complexity index is 488. The van der Waals surface area contributed by atoms with Gasteiger partial charge in [0.2, 0.25) is 5.69 Å². The zero-order valence-electron chi connectivity index (χ0n) is 9.35. The Kier molecular flexibility index (Phi) is 5.15. The molecule has 0 spiro atoms. The predicted molar refractivity (Wildman–Crippen MR) is 65.6 cm³/mol. The van der Waals surface area contributed by atoms with E-state index < -0.39 is 0 Å². The van der Waals surface area contributed by atoms with E-state index in [1.54, 1.807) is 11.3 Å². The molecule has 2 aromatic heterocycles. The minimum Gasteiger partial charge on any atom is -1.00 e. The normalized spacial score (nSPS) is 10.4. The summed E-state index contributed by atoms with van der Waals surface area (Å²) in [5.41, 5.74) is 2.56. The highest BCUT2D eigenvalue weighted by Gasteiger charge is 2.00. The first-order chi connectivity index (χ1) is 7.27. The maximum atomic E-state index is 2.18. The highest BCUT2D eigenvalue weighted by atomic mass is 127. The molecule has 0 N–H and O–H groups in total. The van der Waals surface area contributed by atoms with Crippen molar-refractivity contribution in [3.63, 3.8) is 0 Å². The molecule has 0 aromatic carbocycles. The van der Waals surface area contributed by atoms with E-state index in [1.807, 2.05) is 6.07 Å². The Balaban J connectivity index is 0.00000128. The van der Waals surface area contributed by atoms with Crippen LogP contribution in [0.15, 0.2) is 35.8 Å². The van der Waals surface area contributed by atoms with E-state index >= 15 is 0 Å². The summed E-state index contributed by atoms with van der Waals surface area (Å²) in [4.78, 5) is 1.33. The number of pyridine rings is 1. The fourth-order valence-electron chi connectivity index (χ4n) is 1.43. The molecule has 16 heavy (non-hydrogen) atoms. The molecule has 0 atom stereocenters. The number of aryl methyl sites for hydroxylation is 2.